The van der Waals surface area contributed by atoms with Crippen molar-refractivity contribution in [2.24, 2.45) is 5.92 Å². The molecule has 0 spiro atoms. The largest absolute Gasteiger partial charge is 0.356 e. The molecule has 1 aliphatic heterocycles. The molecule has 27 heavy (non-hydrogen) atoms. The Kier molecular flexibility index (Phi) is 6.44. The van der Waals surface area contributed by atoms with Crippen molar-refractivity contribution in [3.63, 3.8) is 0 Å². The van der Waals surface area contributed by atoms with Crippen LogP contribution in [0.1, 0.15) is 36.7 Å². The van der Waals surface area contributed by atoms with E-state index in [1.54, 1.807) is 24.3 Å². The number of rotatable bonds is 8. The highest BCUT2D eigenvalue weighted by atomic mass is 16.2. The maximum atomic E-state index is 12.4. The lowest BCUT2D eigenvalue weighted by molar-refractivity contribution is -0.143. The molecule has 2 rings (SSSR count). The SMILES string of the molecule is CC(=O)NCCc1ccc(C(=O)CN2C(=O)C(=O)N(CC(C)C)C2=O)cc1. The first kappa shape index (κ1) is 20.3. The molecule has 1 N–H and O–H groups in total. The predicted molar refractivity (Wildman–Crippen MR) is 96.8 cm³/mol. The molecule has 0 saturated carbocycles. The monoisotopic (exact) mass is 373 g/mol. The first-order valence-corrected chi connectivity index (χ1v) is 8.74. The lowest BCUT2D eigenvalue weighted by atomic mass is 10.1. The standard InChI is InChI=1S/C19H23N3O5/c1-12(2)10-21-17(25)18(26)22(19(21)27)11-16(24)15-6-4-14(5-7-15)8-9-20-13(3)23/h4-7,12H,8-11H2,1-3H3,(H,20,23). The lowest BCUT2D eigenvalue weighted by Gasteiger charge is -2.16. The molecular formula is C19H23N3O5. The van der Waals surface area contributed by atoms with E-state index in [0.29, 0.717) is 23.4 Å². The Morgan fingerprint density at radius 3 is 2.15 bits per heavy atom. The summed E-state index contributed by atoms with van der Waals surface area (Å²) in [5, 5.41) is 2.69. The molecule has 0 aliphatic carbocycles. The van der Waals surface area contributed by atoms with Gasteiger partial charge in [-0.25, -0.2) is 9.69 Å². The molecule has 5 amide bonds. The van der Waals surface area contributed by atoms with Gasteiger partial charge < -0.3 is 5.32 Å². The van der Waals surface area contributed by atoms with Crippen LogP contribution >= 0.6 is 0 Å². The molecule has 0 atom stereocenters. The van der Waals surface area contributed by atoms with Crippen molar-refractivity contribution in [2.45, 2.75) is 27.2 Å². The third kappa shape index (κ3) is 4.99. The average Bonchev–Trinajstić information content (AvgIpc) is 2.79. The zero-order chi connectivity index (χ0) is 20.1. The minimum atomic E-state index is -0.971. The second-order valence-electron chi connectivity index (χ2n) is 6.84. The summed E-state index contributed by atoms with van der Waals surface area (Å²) in [6.07, 6.45) is 0.621. The lowest BCUT2D eigenvalue weighted by Crippen LogP contribution is -2.38. The van der Waals surface area contributed by atoms with Gasteiger partial charge in [-0.2, -0.15) is 0 Å². The number of benzene rings is 1. The van der Waals surface area contributed by atoms with Crippen molar-refractivity contribution >= 4 is 29.5 Å². The highest BCUT2D eigenvalue weighted by Gasteiger charge is 2.45. The first-order chi connectivity index (χ1) is 12.7. The third-order valence-corrected chi connectivity index (χ3v) is 4.05. The van der Waals surface area contributed by atoms with Crippen LogP contribution < -0.4 is 5.32 Å². The van der Waals surface area contributed by atoms with Gasteiger partial charge in [0.25, 0.3) is 0 Å². The number of hydrogen-bond donors (Lipinski definition) is 1. The van der Waals surface area contributed by atoms with E-state index in [0.717, 1.165) is 10.5 Å². The van der Waals surface area contributed by atoms with E-state index in [1.165, 1.54) is 6.92 Å². The Morgan fingerprint density at radius 2 is 1.59 bits per heavy atom. The first-order valence-electron chi connectivity index (χ1n) is 8.74. The predicted octanol–water partition coefficient (Wildman–Crippen LogP) is 0.995. The number of urea groups is 1. The number of nitrogens with one attached hydrogen (secondary N) is 1. The molecule has 1 aromatic rings. The summed E-state index contributed by atoms with van der Waals surface area (Å²) < 4.78 is 0. The molecule has 1 aromatic carbocycles. The summed E-state index contributed by atoms with van der Waals surface area (Å²) in [6.45, 7) is 5.25. The van der Waals surface area contributed by atoms with Crippen LogP contribution in [0, 0.1) is 5.92 Å². The van der Waals surface area contributed by atoms with Crippen LogP contribution in [0.25, 0.3) is 0 Å². The Hall–Kier alpha value is -3.03. The van der Waals surface area contributed by atoms with E-state index in [-0.39, 0.29) is 18.4 Å². The van der Waals surface area contributed by atoms with Crippen LogP contribution in [-0.2, 0) is 20.8 Å². The molecule has 1 fully saturated rings. The second kappa shape index (κ2) is 8.57. The van der Waals surface area contributed by atoms with E-state index in [2.05, 4.69) is 5.32 Å². The summed E-state index contributed by atoms with van der Waals surface area (Å²) in [5.41, 5.74) is 1.28. The van der Waals surface area contributed by atoms with Gasteiger partial charge in [-0.05, 0) is 17.9 Å². The van der Waals surface area contributed by atoms with Gasteiger partial charge in [-0.1, -0.05) is 38.1 Å². The molecule has 1 heterocycles. The molecular weight excluding hydrogens is 350 g/mol. The van der Waals surface area contributed by atoms with Gasteiger partial charge >= 0.3 is 17.8 Å². The van der Waals surface area contributed by atoms with E-state index >= 15 is 0 Å². The number of carbonyl (C=O) groups is 5. The Morgan fingerprint density at radius 1 is 1.00 bits per heavy atom. The van der Waals surface area contributed by atoms with Crippen molar-refractivity contribution in [3.05, 3.63) is 35.4 Å². The van der Waals surface area contributed by atoms with E-state index in [4.69, 9.17) is 0 Å². The molecule has 0 aromatic heterocycles. The summed E-state index contributed by atoms with van der Waals surface area (Å²) in [7, 11) is 0. The van der Waals surface area contributed by atoms with E-state index in [9.17, 15) is 24.0 Å². The highest BCUT2D eigenvalue weighted by Crippen LogP contribution is 2.15. The Labute approximate surface area is 157 Å². The smallest absolute Gasteiger partial charge is 0.334 e. The topological polar surface area (TPSA) is 104 Å². The fourth-order valence-electron chi connectivity index (χ4n) is 2.69. The fraction of sp³-hybridized carbons (Fsp3) is 0.421. The number of ketones is 1. The highest BCUT2D eigenvalue weighted by molar-refractivity contribution is 6.45. The van der Waals surface area contributed by atoms with E-state index in [1.807, 2.05) is 13.8 Å². The molecule has 1 aliphatic rings. The summed E-state index contributed by atoms with van der Waals surface area (Å²) >= 11 is 0. The maximum Gasteiger partial charge on any atom is 0.334 e. The van der Waals surface area contributed by atoms with Gasteiger partial charge in [0, 0.05) is 25.6 Å². The van der Waals surface area contributed by atoms with Gasteiger partial charge in [0.2, 0.25) is 5.91 Å². The van der Waals surface area contributed by atoms with Crippen LogP contribution in [0.4, 0.5) is 4.79 Å². The molecule has 0 unspecified atom stereocenters. The average molecular weight is 373 g/mol. The summed E-state index contributed by atoms with van der Waals surface area (Å²) in [6, 6.07) is 5.95. The van der Waals surface area contributed by atoms with Crippen LogP contribution in [0.3, 0.4) is 0 Å². The zero-order valence-corrected chi connectivity index (χ0v) is 15.7. The summed E-state index contributed by atoms with van der Waals surface area (Å²) in [4.78, 5) is 61.1. The van der Waals surface area contributed by atoms with Crippen molar-refractivity contribution in [1.82, 2.24) is 15.1 Å². The molecule has 0 radical (unpaired) electrons. The van der Waals surface area contributed by atoms with Gasteiger partial charge in [-0.15, -0.1) is 0 Å². The van der Waals surface area contributed by atoms with E-state index < -0.39 is 30.2 Å². The van der Waals surface area contributed by atoms with Gasteiger partial charge in [-0.3, -0.25) is 24.1 Å². The fourth-order valence-corrected chi connectivity index (χ4v) is 2.69. The quantitative estimate of drug-likeness (QED) is 0.416. The molecule has 144 valence electrons. The molecule has 8 heteroatoms. The third-order valence-electron chi connectivity index (χ3n) is 4.05. The number of imide groups is 2. The number of Topliss-reactive ketones (excluding diaryl/α,β-unsaturated/α-hetero) is 1. The molecule has 1 saturated heterocycles. The van der Waals surface area contributed by atoms with Crippen LogP contribution in [-0.4, -0.2) is 59.0 Å². The van der Waals surface area contributed by atoms with Gasteiger partial charge in [0.1, 0.15) is 0 Å². The normalized spacial score (nSPS) is 14.3. The number of nitrogens with zero attached hydrogens (tertiary/aromatic N) is 2. The van der Waals surface area contributed by atoms with Crippen LogP contribution in [0.2, 0.25) is 0 Å². The van der Waals surface area contributed by atoms with Crippen molar-refractivity contribution in [3.8, 4) is 0 Å². The van der Waals surface area contributed by atoms with Crippen LogP contribution in [0.15, 0.2) is 24.3 Å². The molecule has 8 nitrogen and oxygen atoms in total. The number of carbonyl (C=O) groups excluding carboxylic acids is 5. The zero-order valence-electron chi connectivity index (χ0n) is 15.7. The number of amides is 5. The van der Waals surface area contributed by atoms with Crippen molar-refractivity contribution in [2.75, 3.05) is 19.6 Å². The molecule has 0 bridgehead atoms. The van der Waals surface area contributed by atoms with Crippen molar-refractivity contribution in [1.29, 1.82) is 0 Å². The maximum absolute atomic E-state index is 12.4. The van der Waals surface area contributed by atoms with Gasteiger partial charge in [0.15, 0.2) is 5.78 Å². The number of hydrogen-bond acceptors (Lipinski definition) is 5. The minimum Gasteiger partial charge on any atom is -0.356 e. The second-order valence-corrected chi connectivity index (χ2v) is 6.84. The van der Waals surface area contributed by atoms with Crippen LogP contribution in [0.5, 0.6) is 0 Å². The minimum absolute atomic E-state index is 0.0198. The Bertz CT molecular complexity index is 770. The Balaban J connectivity index is 2.00. The van der Waals surface area contributed by atoms with Crippen molar-refractivity contribution < 1.29 is 24.0 Å². The summed E-state index contributed by atoms with van der Waals surface area (Å²) in [5.74, 6) is -2.38. The van der Waals surface area contributed by atoms with Gasteiger partial charge in [0.05, 0.1) is 6.54 Å².